The Labute approximate surface area is 165 Å². The molecule has 6 nitrogen and oxygen atoms in total. The van der Waals surface area contributed by atoms with Gasteiger partial charge in [-0.2, -0.15) is 0 Å². The third kappa shape index (κ3) is 1.60. The molecule has 5 fully saturated rings. The van der Waals surface area contributed by atoms with Crippen LogP contribution in [0.4, 0.5) is 0 Å². The van der Waals surface area contributed by atoms with E-state index in [1.165, 1.54) is 0 Å². The SMILES string of the molecule is CC/C=C/[C@]12[C@@H]3C[C@H]4[C@H]5[C@H](C)/C(=C6/OC(=O)C(C)=C6OC)O[C@]5(O3)[C@H]1CCN42. The molecule has 0 radical (unpaired) electrons. The van der Waals surface area contributed by atoms with Gasteiger partial charge in [0.25, 0.3) is 0 Å². The third-order valence-corrected chi connectivity index (χ3v) is 8.10. The monoisotopic (exact) mass is 385 g/mol. The van der Waals surface area contributed by atoms with Gasteiger partial charge in [-0.25, -0.2) is 4.79 Å². The Balaban J connectivity index is 1.49. The first kappa shape index (κ1) is 17.1. The fraction of sp³-hybridized carbons (Fsp3) is 0.682. The number of cyclic esters (lactones) is 1. The van der Waals surface area contributed by atoms with E-state index >= 15 is 0 Å². The van der Waals surface area contributed by atoms with Crippen LogP contribution in [0.5, 0.6) is 0 Å². The van der Waals surface area contributed by atoms with E-state index in [0.717, 1.165) is 31.6 Å². The molecule has 150 valence electrons. The summed E-state index contributed by atoms with van der Waals surface area (Å²) in [6, 6.07) is 0.445. The van der Waals surface area contributed by atoms with Crippen LogP contribution in [0.1, 0.15) is 40.0 Å². The summed E-state index contributed by atoms with van der Waals surface area (Å²) in [4.78, 5) is 14.9. The van der Waals surface area contributed by atoms with Gasteiger partial charge in [0.1, 0.15) is 5.76 Å². The summed E-state index contributed by atoms with van der Waals surface area (Å²) in [5.74, 6) is 1.38. The maximum Gasteiger partial charge on any atom is 0.343 e. The Hall–Kier alpha value is -1.79. The van der Waals surface area contributed by atoms with E-state index in [4.69, 9.17) is 18.9 Å². The Kier molecular flexibility index (Phi) is 3.19. The van der Waals surface area contributed by atoms with Gasteiger partial charge >= 0.3 is 5.97 Å². The summed E-state index contributed by atoms with van der Waals surface area (Å²) in [5.41, 5.74) is 0.467. The number of piperidine rings is 1. The van der Waals surface area contributed by atoms with Crippen LogP contribution in [-0.4, -0.2) is 48.0 Å². The van der Waals surface area contributed by atoms with Crippen LogP contribution in [0.25, 0.3) is 0 Å². The van der Waals surface area contributed by atoms with E-state index in [1.54, 1.807) is 14.0 Å². The number of fused-ring (bicyclic) bond motifs is 1. The highest BCUT2D eigenvalue weighted by atomic mass is 16.7. The van der Waals surface area contributed by atoms with Crippen LogP contribution >= 0.6 is 0 Å². The van der Waals surface area contributed by atoms with Gasteiger partial charge in [0.15, 0.2) is 5.76 Å². The molecular weight excluding hydrogens is 358 g/mol. The average molecular weight is 385 g/mol. The van der Waals surface area contributed by atoms with Crippen LogP contribution < -0.4 is 0 Å². The number of carbonyl (C=O) groups is 1. The van der Waals surface area contributed by atoms with Crippen LogP contribution in [0, 0.1) is 17.8 Å². The Morgan fingerprint density at radius 1 is 1.39 bits per heavy atom. The van der Waals surface area contributed by atoms with E-state index in [-0.39, 0.29) is 29.4 Å². The molecule has 6 heterocycles. The first-order valence-electron chi connectivity index (χ1n) is 10.5. The smallest absolute Gasteiger partial charge is 0.343 e. The molecule has 0 aliphatic carbocycles. The Morgan fingerprint density at radius 2 is 2.21 bits per heavy atom. The number of rotatable bonds is 3. The average Bonchev–Trinajstić information content (AvgIpc) is 3.38. The summed E-state index contributed by atoms with van der Waals surface area (Å²) in [5, 5.41) is 0. The number of nitrogens with zero attached hydrogens (tertiary/aromatic N) is 1. The van der Waals surface area contributed by atoms with Crippen molar-refractivity contribution in [2.75, 3.05) is 13.7 Å². The molecule has 0 N–H and O–H groups in total. The highest BCUT2D eigenvalue weighted by molar-refractivity contribution is 5.93. The number of ether oxygens (including phenoxy) is 4. The second-order valence-electron chi connectivity index (χ2n) is 9.02. The van der Waals surface area contributed by atoms with Gasteiger partial charge in [0.2, 0.25) is 11.5 Å². The topological polar surface area (TPSA) is 57.2 Å². The highest BCUT2D eigenvalue weighted by Gasteiger charge is 2.83. The van der Waals surface area contributed by atoms with Crippen molar-refractivity contribution in [2.24, 2.45) is 17.8 Å². The molecule has 5 bridgehead atoms. The minimum atomic E-state index is -0.609. The number of hydrogen-bond acceptors (Lipinski definition) is 6. The van der Waals surface area contributed by atoms with Crippen molar-refractivity contribution in [3.8, 4) is 0 Å². The van der Waals surface area contributed by atoms with Gasteiger partial charge in [0.05, 0.1) is 36.2 Å². The van der Waals surface area contributed by atoms with E-state index in [1.807, 2.05) is 0 Å². The summed E-state index contributed by atoms with van der Waals surface area (Å²) in [6.07, 6.45) is 8.04. The number of carbonyl (C=O) groups excluding carboxylic acids is 1. The Bertz CT molecular complexity index is 874. The van der Waals surface area contributed by atoms with E-state index in [0.29, 0.717) is 29.1 Å². The number of esters is 1. The predicted molar refractivity (Wildman–Crippen MR) is 99.6 cm³/mol. The van der Waals surface area contributed by atoms with Crippen LogP contribution in [0.2, 0.25) is 0 Å². The fourth-order valence-corrected chi connectivity index (χ4v) is 7.22. The third-order valence-electron chi connectivity index (χ3n) is 8.10. The molecule has 0 saturated carbocycles. The first-order chi connectivity index (χ1) is 13.5. The lowest BCUT2D eigenvalue weighted by Gasteiger charge is -2.47. The lowest BCUT2D eigenvalue weighted by Crippen LogP contribution is -2.60. The van der Waals surface area contributed by atoms with E-state index < -0.39 is 5.79 Å². The molecule has 8 atom stereocenters. The zero-order valence-corrected chi connectivity index (χ0v) is 16.9. The molecule has 6 aliphatic heterocycles. The number of hydrogen-bond donors (Lipinski definition) is 0. The Morgan fingerprint density at radius 3 is 2.96 bits per heavy atom. The number of allylic oxidation sites excluding steroid dienone is 2. The van der Waals surface area contributed by atoms with Gasteiger partial charge in [-0.1, -0.05) is 26.0 Å². The summed E-state index contributed by atoms with van der Waals surface area (Å²) >= 11 is 0. The van der Waals surface area contributed by atoms with Crippen molar-refractivity contribution in [2.45, 2.75) is 63.5 Å². The second-order valence-corrected chi connectivity index (χ2v) is 9.02. The van der Waals surface area contributed by atoms with Crippen molar-refractivity contribution in [1.29, 1.82) is 0 Å². The van der Waals surface area contributed by atoms with Gasteiger partial charge in [-0.15, -0.1) is 0 Å². The zero-order chi connectivity index (χ0) is 19.4. The fourth-order valence-electron chi connectivity index (χ4n) is 7.22. The molecule has 6 aliphatic rings. The molecule has 0 amide bonds. The normalized spacial score (nSPS) is 52.8. The van der Waals surface area contributed by atoms with Crippen molar-refractivity contribution < 1.29 is 23.7 Å². The molecule has 0 aromatic carbocycles. The highest BCUT2D eigenvalue weighted by Crippen LogP contribution is 2.72. The van der Waals surface area contributed by atoms with E-state index in [9.17, 15) is 4.79 Å². The van der Waals surface area contributed by atoms with Gasteiger partial charge < -0.3 is 18.9 Å². The van der Waals surface area contributed by atoms with Crippen molar-refractivity contribution in [3.63, 3.8) is 0 Å². The summed E-state index contributed by atoms with van der Waals surface area (Å²) < 4.78 is 24.5. The molecule has 1 unspecified atom stereocenters. The molecule has 6 rings (SSSR count). The quantitative estimate of drug-likeness (QED) is 0.550. The standard InChI is InChI=1S/C22H27NO5/c1-5-6-8-21-14-7-9-23(21)13-10-15(21)27-22(14)16(13)11(2)18(28-22)19-17(25-4)12(3)20(24)26-19/h6,8,11,13-16H,5,7,9-10H2,1-4H3/b8-6+,19-18-/t11-,13-,14-,15-,16+,21+,22+/m0/s1. The molecule has 5 saturated heterocycles. The minimum absolute atomic E-state index is 0.0286. The van der Waals surface area contributed by atoms with E-state index in [2.05, 4.69) is 30.9 Å². The van der Waals surface area contributed by atoms with Gasteiger partial charge in [-0.05, 0) is 26.2 Å². The molecule has 6 heteroatoms. The zero-order valence-electron chi connectivity index (χ0n) is 16.9. The van der Waals surface area contributed by atoms with Crippen LogP contribution in [0.3, 0.4) is 0 Å². The molecular formula is C22H27NO5. The van der Waals surface area contributed by atoms with Crippen LogP contribution in [-0.2, 0) is 23.7 Å². The van der Waals surface area contributed by atoms with Crippen LogP contribution in [0.15, 0.2) is 35.0 Å². The summed E-state index contributed by atoms with van der Waals surface area (Å²) in [7, 11) is 1.57. The van der Waals surface area contributed by atoms with Crippen molar-refractivity contribution in [1.82, 2.24) is 4.90 Å². The van der Waals surface area contributed by atoms with Gasteiger partial charge in [-0.3, -0.25) is 4.90 Å². The lowest BCUT2D eigenvalue weighted by molar-refractivity contribution is -0.255. The largest absolute Gasteiger partial charge is 0.492 e. The molecule has 28 heavy (non-hydrogen) atoms. The second kappa shape index (κ2) is 5.22. The maximum absolute atomic E-state index is 12.2. The van der Waals surface area contributed by atoms with Crippen molar-refractivity contribution >= 4 is 5.97 Å². The lowest BCUT2D eigenvalue weighted by atomic mass is 9.71. The first-order valence-corrected chi connectivity index (χ1v) is 10.5. The number of methoxy groups -OCH3 is 1. The molecule has 1 spiro atoms. The molecule has 0 aromatic heterocycles. The molecule has 0 aromatic rings. The summed E-state index contributed by atoms with van der Waals surface area (Å²) in [6.45, 7) is 7.21. The van der Waals surface area contributed by atoms with Gasteiger partial charge in [0, 0.05) is 18.5 Å². The maximum atomic E-state index is 12.2. The van der Waals surface area contributed by atoms with Crippen molar-refractivity contribution in [3.05, 3.63) is 35.0 Å². The minimum Gasteiger partial charge on any atom is -0.492 e. The predicted octanol–water partition coefficient (Wildman–Crippen LogP) is 2.87.